The number of hydrogen-bond acceptors (Lipinski definition) is 5. The molecule has 6 heteroatoms. The van der Waals surface area contributed by atoms with Crippen LogP contribution in [0.4, 0.5) is 5.82 Å². The van der Waals surface area contributed by atoms with Gasteiger partial charge >= 0.3 is 0 Å². The molecule has 3 rings (SSSR count). The summed E-state index contributed by atoms with van der Waals surface area (Å²) in [6.07, 6.45) is 4.34. The highest BCUT2D eigenvalue weighted by atomic mass is 16.5. The number of nitrogens with zero attached hydrogens (tertiary/aromatic N) is 4. The van der Waals surface area contributed by atoms with Crippen molar-refractivity contribution in [2.75, 3.05) is 19.0 Å². The predicted molar refractivity (Wildman–Crippen MR) is 93.8 cm³/mol. The summed E-state index contributed by atoms with van der Waals surface area (Å²) in [5, 5.41) is 7.75. The van der Waals surface area contributed by atoms with Crippen molar-refractivity contribution in [2.24, 2.45) is 0 Å². The predicted octanol–water partition coefficient (Wildman–Crippen LogP) is 2.94. The van der Waals surface area contributed by atoms with E-state index in [0.717, 1.165) is 41.7 Å². The molecular formula is C18H21N5O. The summed E-state index contributed by atoms with van der Waals surface area (Å²) in [7, 11) is 1.67. The molecule has 6 nitrogen and oxygen atoms in total. The zero-order chi connectivity index (χ0) is 16.9. The number of ether oxygens (including phenoxy) is 1. The number of methoxy groups -OCH3 is 1. The van der Waals surface area contributed by atoms with Crippen LogP contribution in [0.5, 0.6) is 5.75 Å². The fourth-order valence-corrected chi connectivity index (χ4v) is 2.53. The van der Waals surface area contributed by atoms with Crippen molar-refractivity contribution >= 4 is 5.82 Å². The van der Waals surface area contributed by atoms with Gasteiger partial charge in [-0.15, -0.1) is 0 Å². The van der Waals surface area contributed by atoms with E-state index in [1.54, 1.807) is 24.2 Å². The van der Waals surface area contributed by atoms with Crippen LogP contribution in [0.3, 0.4) is 0 Å². The Morgan fingerprint density at radius 3 is 2.58 bits per heavy atom. The van der Waals surface area contributed by atoms with Gasteiger partial charge in [-0.2, -0.15) is 5.10 Å². The maximum absolute atomic E-state index is 5.17. The molecule has 24 heavy (non-hydrogen) atoms. The Labute approximate surface area is 141 Å². The fraction of sp³-hybridized carbons (Fsp3) is 0.278. The third-order valence-electron chi connectivity index (χ3n) is 3.73. The van der Waals surface area contributed by atoms with E-state index in [9.17, 15) is 0 Å². The number of rotatable bonds is 6. The monoisotopic (exact) mass is 323 g/mol. The van der Waals surface area contributed by atoms with Crippen molar-refractivity contribution < 1.29 is 4.74 Å². The zero-order valence-corrected chi connectivity index (χ0v) is 14.2. The molecule has 0 saturated heterocycles. The minimum atomic E-state index is 0.718. The molecular weight excluding hydrogens is 302 g/mol. The van der Waals surface area contributed by atoms with Crippen molar-refractivity contribution in [3.63, 3.8) is 0 Å². The first-order chi connectivity index (χ1) is 11.7. The molecule has 3 aromatic rings. The normalized spacial score (nSPS) is 10.6. The number of benzene rings is 1. The molecule has 1 aromatic carbocycles. The Morgan fingerprint density at radius 1 is 1.12 bits per heavy atom. The average Bonchev–Trinajstić information content (AvgIpc) is 2.94. The van der Waals surface area contributed by atoms with Gasteiger partial charge in [0, 0.05) is 12.2 Å². The Kier molecular flexibility index (Phi) is 4.74. The summed E-state index contributed by atoms with van der Waals surface area (Å²) in [5.41, 5.74) is 3.25. The van der Waals surface area contributed by atoms with Crippen LogP contribution in [0.1, 0.15) is 17.0 Å². The first kappa shape index (κ1) is 16.0. The number of aromatic nitrogens is 4. The first-order valence-corrected chi connectivity index (χ1v) is 7.88. The van der Waals surface area contributed by atoms with Crippen molar-refractivity contribution in [2.45, 2.75) is 20.3 Å². The van der Waals surface area contributed by atoms with E-state index in [2.05, 4.69) is 32.5 Å². The van der Waals surface area contributed by atoms with Crippen LogP contribution in [0.15, 0.2) is 42.7 Å². The second kappa shape index (κ2) is 7.12. The molecule has 0 fully saturated rings. The molecule has 2 heterocycles. The quantitative estimate of drug-likeness (QED) is 0.755. The molecule has 0 saturated carbocycles. The highest BCUT2D eigenvalue weighted by molar-refractivity contribution is 5.37. The van der Waals surface area contributed by atoms with Gasteiger partial charge < -0.3 is 10.1 Å². The van der Waals surface area contributed by atoms with Gasteiger partial charge in [0.2, 0.25) is 0 Å². The van der Waals surface area contributed by atoms with E-state index < -0.39 is 0 Å². The molecule has 0 aliphatic heterocycles. The Bertz CT molecular complexity index is 811. The van der Waals surface area contributed by atoms with Crippen molar-refractivity contribution in [3.05, 3.63) is 59.7 Å². The maximum Gasteiger partial charge on any atom is 0.174 e. The van der Waals surface area contributed by atoms with E-state index in [1.165, 1.54) is 5.56 Å². The van der Waals surface area contributed by atoms with E-state index in [-0.39, 0.29) is 0 Å². The van der Waals surface area contributed by atoms with Crippen LogP contribution in [0.25, 0.3) is 5.82 Å². The average molecular weight is 323 g/mol. The summed E-state index contributed by atoms with van der Waals surface area (Å²) in [6, 6.07) is 10.1. The molecule has 0 radical (unpaired) electrons. The Balaban J connectivity index is 1.63. The lowest BCUT2D eigenvalue weighted by atomic mass is 10.1. The molecule has 0 unspecified atom stereocenters. The minimum Gasteiger partial charge on any atom is -0.497 e. The summed E-state index contributed by atoms with van der Waals surface area (Å²) >= 11 is 0. The fourth-order valence-electron chi connectivity index (χ4n) is 2.53. The van der Waals surface area contributed by atoms with Crippen LogP contribution in [-0.4, -0.2) is 33.4 Å². The lowest BCUT2D eigenvalue weighted by Crippen LogP contribution is -2.09. The molecule has 0 amide bonds. The molecule has 0 aliphatic rings. The van der Waals surface area contributed by atoms with Gasteiger partial charge in [0.05, 0.1) is 25.2 Å². The van der Waals surface area contributed by atoms with E-state index in [4.69, 9.17) is 4.74 Å². The highest BCUT2D eigenvalue weighted by Gasteiger charge is 2.06. The van der Waals surface area contributed by atoms with Gasteiger partial charge in [-0.05, 0) is 44.0 Å². The number of nitrogens with one attached hydrogen (secondary N) is 1. The van der Waals surface area contributed by atoms with Gasteiger partial charge in [-0.1, -0.05) is 12.1 Å². The molecule has 0 spiro atoms. The lowest BCUT2D eigenvalue weighted by Gasteiger charge is -2.08. The second-order valence-corrected chi connectivity index (χ2v) is 5.63. The van der Waals surface area contributed by atoms with Crippen LogP contribution in [0.2, 0.25) is 0 Å². The smallest absolute Gasteiger partial charge is 0.174 e. The standard InChI is InChI=1S/C18H21N5O/c1-13-10-14(2)23(22-13)18-12-19-11-17(21-18)20-9-8-15-4-6-16(24-3)7-5-15/h4-7,10-12H,8-9H2,1-3H3,(H,20,21). The number of aryl methyl sites for hydroxylation is 2. The summed E-state index contributed by atoms with van der Waals surface area (Å²) in [5.74, 6) is 2.33. The topological polar surface area (TPSA) is 64.9 Å². The number of hydrogen-bond donors (Lipinski definition) is 1. The van der Waals surface area contributed by atoms with E-state index in [1.807, 2.05) is 32.0 Å². The Hall–Kier alpha value is -2.89. The van der Waals surface area contributed by atoms with Crippen LogP contribution in [0, 0.1) is 13.8 Å². The highest BCUT2D eigenvalue weighted by Crippen LogP contribution is 2.13. The molecule has 0 bridgehead atoms. The van der Waals surface area contributed by atoms with Gasteiger partial charge in [0.15, 0.2) is 5.82 Å². The Morgan fingerprint density at radius 2 is 1.92 bits per heavy atom. The second-order valence-electron chi connectivity index (χ2n) is 5.63. The van der Waals surface area contributed by atoms with Crippen LogP contribution >= 0.6 is 0 Å². The van der Waals surface area contributed by atoms with Gasteiger partial charge in [-0.25, -0.2) is 9.67 Å². The summed E-state index contributed by atoms with van der Waals surface area (Å²) < 4.78 is 6.97. The molecule has 2 aromatic heterocycles. The number of anilines is 1. The minimum absolute atomic E-state index is 0.718. The first-order valence-electron chi connectivity index (χ1n) is 7.88. The van der Waals surface area contributed by atoms with Gasteiger partial charge in [0.1, 0.15) is 11.6 Å². The van der Waals surface area contributed by atoms with Crippen molar-refractivity contribution in [1.29, 1.82) is 0 Å². The SMILES string of the molecule is COc1ccc(CCNc2cncc(-n3nc(C)cc3C)n2)cc1. The molecule has 1 N–H and O–H groups in total. The third-order valence-corrected chi connectivity index (χ3v) is 3.73. The third kappa shape index (κ3) is 3.71. The van der Waals surface area contributed by atoms with Crippen molar-refractivity contribution in [1.82, 2.24) is 19.7 Å². The maximum atomic E-state index is 5.17. The van der Waals surface area contributed by atoms with Crippen LogP contribution in [-0.2, 0) is 6.42 Å². The van der Waals surface area contributed by atoms with Crippen LogP contribution < -0.4 is 10.1 Å². The van der Waals surface area contributed by atoms with Gasteiger partial charge in [0.25, 0.3) is 0 Å². The zero-order valence-electron chi connectivity index (χ0n) is 14.2. The van der Waals surface area contributed by atoms with Gasteiger partial charge in [-0.3, -0.25) is 4.98 Å². The summed E-state index contributed by atoms with van der Waals surface area (Å²) in [4.78, 5) is 8.84. The lowest BCUT2D eigenvalue weighted by molar-refractivity contribution is 0.414. The van der Waals surface area contributed by atoms with E-state index in [0.29, 0.717) is 0 Å². The molecule has 0 aliphatic carbocycles. The van der Waals surface area contributed by atoms with Crippen molar-refractivity contribution in [3.8, 4) is 11.6 Å². The van der Waals surface area contributed by atoms with E-state index >= 15 is 0 Å². The summed E-state index contributed by atoms with van der Waals surface area (Å²) in [6.45, 7) is 4.75. The molecule has 124 valence electrons. The molecule has 0 atom stereocenters. The largest absolute Gasteiger partial charge is 0.497 e.